The highest BCUT2D eigenvalue weighted by atomic mass is 35.5. The first-order chi connectivity index (χ1) is 14.3. The highest BCUT2D eigenvalue weighted by molar-refractivity contribution is 7.92. The van der Waals surface area contributed by atoms with Gasteiger partial charge in [0, 0.05) is 22.7 Å². The quantitative estimate of drug-likeness (QED) is 0.560. The van der Waals surface area contributed by atoms with Crippen LogP contribution in [0.1, 0.15) is 10.4 Å². The molecule has 0 aliphatic rings. The monoisotopic (exact) mass is 446 g/mol. The van der Waals surface area contributed by atoms with E-state index in [1.165, 1.54) is 50.6 Å². The van der Waals surface area contributed by atoms with Crippen LogP contribution >= 0.6 is 11.6 Å². The van der Waals surface area contributed by atoms with Gasteiger partial charge in [0.25, 0.3) is 15.9 Å². The first kappa shape index (κ1) is 21.5. The molecule has 0 atom stereocenters. The first-order valence-electron chi connectivity index (χ1n) is 8.75. The molecule has 0 unspecified atom stereocenters. The predicted molar refractivity (Wildman–Crippen MR) is 116 cm³/mol. The summed E-state index contributed by atoms with van der Waals surface area (Å²) in [5.41, 5.74) is 0.950. The predicted octanol–water partition coefficient (Wildman–Crippen LogP) is 4.41. The molecule has 0 bridgehead atoms. The fourth-order valence-electron chi connectivity index (χ4n) is 2.68. The largest absolute Gasteiger partial charge is 0.494 e. The van der Waals surface area contributed by atoms with Gasteiger partial charge in [-0.1, -0.05) is 29.8 Å². The third kappa shape index (κ3) is 4.84. The number of halogens is 1. The highest BCUT2D eigenvalue weighted by Gasteiger charge is 2.20. The second-order valence-electron chi connectivity index (χ2n) is 6.13. The Bertz CT molecular complexity index is 1150. The van der Waals surface area contributed by atoms with Crippen LogP contribution in [0.5, 0.6) is 11.5 Å². The van der Waals surface area contributed by atoms with Gasteiger partial charge in [0.15, 0.2) is 0 Å². The third-order valence-electron chi connectivity index (χ3n) is 4.17. The Kier molecular flexibility index (Phi) is 6.49. The van der Waals surface area contributed by atoms with Crippen LogP contribution in [0.15, 0.2) is 71.6 Å². The van der Waals surface area contributed by atoms with Crippen LogP contribution in [0.2, 0.25) is 5.02 Å². The smallest absolute Gasteiger partial charge is 0.262 e. The molecule has 0 saturated heterocycles. The molecule has 9 heteroatoms. The zero-order valence-corrected chi connectivity index (χ0v) is 17.8. The second-order valence-corrected chi connectivity index (χ2v) is 8.25. The number of benzene rings is 3. The number of hydrogen-bond acceptors (Lipinski definition) is 5. The van der Waals surface area contributed by atoms with Crippen molar-refractivity contribution in [3.63, 3.8) is 0 Å². The van der Waals surface area contributed by atoms with Gasteiger partial charge >= 0.3 is 0 Å². The van der Waals surface area contributed by atoms with Gasteiger partial charge < -0.3 is 14.8 Å². The van der Waals surface area contributed by atoms with E-state index in [1.54, 1.807) is 24.3 Å². The summed E-state index contributed by atoms with van der Waals surface area (Å²) in [6, 6.07) is 17.3. The van der Waals surface area contributed by atoms with Crippen LogP contribution in [0.3, 0.4) is 0 Å². The molecule has 1 amide bonds. The van der Waals surface area contributed by atoms with Gasteiger partial charge in [0.2, 0.25) is 0 Å². The fourth-order valence-corrected chi connectivity index (χ4v) is 3.86. The van der Waals surface area contributed by atoms with E-state index in [2.05, 4.69) is 10.0 Å². The van der Waals surface area contributed by atoms with Gasteiger partial charge in [-0.05, 0) is 36.4 Å². The van der Waals surface area contributed by atoms with Gasteiger partial charge in [-0.15, -0.1) is 0 Å². The molecule has 2 N–H and O–H groups in total. The number of methoxy groups -OCH3 is 2. The van der Waals surface area contributed by atoms with Crippen LogP contribution in [0.4, 0.5) is 11.4 Å². The van der Waals surface area contributed by atoms with Crippen molar-refractivity contribution in [2.75, 3.05) is 24.3 Å². The van der Waals surface area contributed by atoms with Crippen molar-refractivity contribution in [1.82, 2.24) is 0 Å². The normalized spacial score (nSPS) is 10.9. The number of carbonyl (C=O) groups excluding carboxylic acids is 1. The maximum Gasteiger partial charge on any atom is 0.262 e. The summed E-state index contributed by atoms with van der Waals surface area (Å²) >= 11 is 5.83. The van der Waals surface area contributed by atoms with E-state index in [9.17, 15) is 13.2 Å². The molecule has 0 heterocycles. The van der Waals surface area contributed by atoms with E-state index >= 15 is 0 Å². The Morgan fingerprint density at radius 3 is 2.03 bits per heavy atom. The Balaban J connectivity index is 1.93. The van der Waals surface area contributed by atoms with Crippen LogP contribution < -0.4 is 19.5 Å². The number of sulfonamides is 1. The van der Waals surface area contributed by atoms with Gasteiger partial charge in [-0.25, -0.2) is 8.42 Å². The van der Waals surface area contributed by atoms with Crippen molar-refractivity contribution in [2.24, 2.45) is 0 Å². The summed E-state index contributed by atoms with van der Waals surface area (Å²) in [5, 5.41) is 3.17. The molecule has 0 aliphatic carbocycles. The lowest BCUT2D eigenvalue weighted by atomic mass is 10.2. The molecule has 156 valence electrons. The molecule has 0 aromatic heterocycles. The molecule has 0 radical (unpaired) electrons. The summed E-state index contributed by atoms with van der Waals surface area (Å²) in [5.74, 6) is 0.121. The average molecular weight is 447 g/mol. The van der Waals surface area contributed by atoms with Crippen LogP contribution in [-0.2, 0) is 10.0 Å². The summed E-state index contributed by atoms with van der Waals surface area (Å²) in [7, 11) is -1.09. The van der Waals surface area contributed by atoms with Crippen molar-refractivity contribution in [3.8, 4) is 11.5 Å². The van der Waals surface area contributed by atoms with Crippen molar-refractivity contribution in [1.29, 1.82) is 0 Å². The third-order valence-corrected chi connectivity index (χ3v) is 5.81. The van der Waals surface area contributed by atoms with Gasteiger partial charge in [0.05, 0.1) is 30.5 Å². The Hall–Kier alpha value is -3.23. The van der Waals surface area contributed by atoms with E-state index < -0.39 is 10.0 Å². The lowest BCUT2D eigenvalue weighted by Crippen LogP contribution is -2.15. The van der Waals surface area contributed by atoms with Crippen molar-refractivity contribution < 1.29 is 22.7 Å². The second kappa shape index (κ2) is 9.06. The number of amides is 1. The number of ether oxygens (including phenoxy) is 2. The maximum atomic E-state index is 12.7. The lowest BCUT2D eigenvalue weighted by molar-refractivity contribution is 0.102. The minimum Gasteiger partial charge on any atom is -0.494 e. The van der Waals surface area contributed by atoms with E-state index in [4.69, 9.17) is 21.1 Å². The molecule has 3 aromatic rings. The van der Waals surface area contributed by atoms with Crippen molar-refractivity contribution in [2.45, 2.75) is 4.90 Å². The zero-order valence-electron chi connectivity index (χ0n) is 16.2. The molecule has 0 fully saturated rings. The number of carbonyl (C=O) groups is 1. The van der Waals surface area contributed by atoms with Crippen molar-refractivity contribution in [3.05, 3.63) is 77.3 Å². The summed E-state index contributed by atoms with van der Waals surface area (Å²) in [6.07, 6.45) is 0. The summed E-state index contributed by atoms with van der Waals surface area (Å²) in [4.78, 5) is 12.5. The van der Waals surface area contributed by atoms with Gasteiger partial charge in [-0.3, -0.25) is 9.52 Å². The SMILES string of the molecule is COc1cc(NS(=O)(=O)c2ccc(Cl)cc2)c(OC)cc1NC(=O)c1ccccc1. The Morgan fingerprint density at radius 1 is 0.867 bits per heavy atom. The molecule has 3 aromatic carbocycles. The first-order valence-corrected chi connectivity index (χ1v) is 10.6. The minimum absolute atomic E-state index is 0.0365. The molecule has 0 aliphatic heterocycles. The number of hydrogen-bond donors (Lipinski definition) is 2. The molecular weight excluding hydrogens is 428 g/mol. The number of nitrogens with one attached hydrogen (secondary N) is 2. The van der Waals surface area contributed by atoms with E-state index in [0.29, 0.717) is 16.3 Å². The average Bonchev–Trinajstić information content (AvgIpc) is 2.75. The topological polar surface area (TPSA) is 93.7 Å². The van der Waals surface area contributed by atoms with Crippen LogP contribution in [-0.4, -0.2) is 28.5 Å². The lowest BCUT2D eigenvalue weighted by Gasteiger charge is -2.17. The summed E-state index contributed by atoms with van der Waals surface area (Å²) in [6.45, 7) is 0. The standard InChI is InChI=1S/C21H19ClN2O5S/c1-28-19-13-18(24-30(26,27)16-10-8-15(22)9-11-16)20(29-2)12-17(19)23-21(25)14-6-4-3-5-7-14/h3-13,24H,1-2H3,(H,23,25). The molecule has 3 rings (SSSR count). The van der Waals surface area contributed by atoms with Crippen molar-refractivity contribution >= 4 is 38.9 Å². The fraction of sp³-hybridized carbons (Fsp3) is 0.0952. The van der Waals surface area contributed by atoms with E-state index in [1.807, 2.05) is 6.07 Å². The number of rotatable bonds is 7. The Morgan fingerprint density at radius 2 is 1.43 bits per heavy atom. The molecule has 0 saturated carbocycles. The summed E-state index contributed by atoms with van der Waals surface area (Å²) < 4.78 is 38.5. The van der Waals surface area contributed by atoms with E-state index in [0.717, 1.165) is 0 Å². The Labute approximate surface area is 179 Å². The molecule has 30 heavy (non-hydrogen) atoms. The molecular formula is C21H19ClN2O5S. The maximum absolute atomic E-state index is 12.7. The minimum atomic E-state index is -3.90. The van der Waals surface area contributed by atoms with Crippen LogP contribution in [0, 0.1) is 0 Å². The van der Waals surface area contributed by atoms with Gasteiger partial charge in [-0.2, -0.15) is 0 Å². The van der Waals surface area contributed by atoms with E-state index in [-0.39, 0.29) is 28.0 Å². The zero-order chi connectivity index (χ0) is 21.7. The highest BCUT2D eigenvalue weighted by Crippen LogP contribution is 2.37. The van der Waals surface area contributed by atoms with Gasteiger partial charge in [0.1, 0.15) is 11.5 Å². The molecule has 0 spiro atoms. The molecule has 7 nitrogen and oxygen atoms in total. The number of anilines is 2. The van der Waals surface area contributed by atoms with Crippen LogP contribution in [0.25, 0.3) is 0 Å².